The summed E-state index contributed by atoms with van der Waals surface area (Å²) >= 11 is 5.17. The molecule has 0 spiro atoms. The third-order valence-electron chi connectivity index (χ3n) is 2.38. The summed E-state index contributed by atoms with van der Waals surface area (Å²) in [5, 5.41) is 2.15. The Hall–Kier alpha value is 0.140. The van der Waals surface area contributed by atoms with Crippen molar-refractivity contribution < 1.29 is 0 Å². The summed E-state index contributed by atoms with van der Waals surface area (Å²) in [5.41, 5.74) is 7.35. The van der Waals surface area contributed by atoms with E-state index < -0.39 is 0 Å². The van der Waals surface area contributed by atoms with E-state index in [4.69, 9.17) is 5.73 Å². The maximum absolute atomic E-state index is 6.08. The molecule has 1 nitrogen and oxygen atoms in total. The van der Waals surface area contributed by atoms with Crippen LogP contribution in [0.1, 0.15) is 50.6 Å². The van der Waals surface area contributed by atoms with E-state index in [0.29, 0.717) is 0 Å². The Bertz CT molecular complexity index is 260. The molecule has 0 aliphatic heterocycles. The Labute approximate surface area is 98.8 Å². The van der Waals surface area contributed by atoms with Gasteiger partial charge in [0.15, 0.2) is 0 Å². The molecular weight excluding hydrogens is 258 g/mol. The average Bonchev–Trinajstić information content (AvgIpc) is 2.59. The predicted molar refractivity (Wildman–Crippen MR) is 67.7 cm³/mol. The highest BCUT2D eigenvalue weighted by molar-refractivity contribution is 9.11. The van der Waals surface area contributed by atoms with E-state index >= 15 is 0 Å². The molecule has 0 aliphatic carbocycles. The molecule has 1 heterocycles. The van der Waals surface area contributed by atoms with Crippen LogP contribution in [0.25, 0.3) is 0 Å². The molecule has 3 heteroatoms. The molecule has 1 unspecified atom stereocenters. The lowest BCUT2D eigenvalue weighted by atomic mass is 10.0. The van der Waals surface area contributed by atoms with Crippen molar-refractivity contribution in [1.29, 1.82) is 0 Å². The van der Waals surface area contributed by atoms with Gasteiger partial charge in [-0.3, -0.25) is 0 Å². The molecular formula is C11H18BrNS. The minimum atomic E-state index is 0.231. The Kier molecular flexibility index (Phi) is 5.75. The van der Waals surface area contributed by atoms with Crippen molar-refractivity contribution in [3.05, 3.63) is 20.8 Å². The fraction of sp³-hybridized carbons (Fsp3) is 0.636. The highest BCUT2D eigenvalue weighted by Crippen LogP contribution is 2.26. The zero-order valence-corrected chi connectivity index (χ0v) is 11.0. The Balaban J connectivity index is 2.25. The van der Waals surface area contributed by atoms with Crippen molar-refractivity contribution in [2.75, 3.05) is 0 Å². The van der Waals surface area contributed by atoms with Crippen LogP contribution in [0.15, 0.2) is 15.2 Å². The summed E-state index contributed by atoms with van der Waals surface area (Å²) < 4.78 is 1.18. The number of unbranched alkanes of at least 4 members (excludes halogenated alkanes) is 3. The van der Waals surface area contributed by atoms with Crippen molar-refractivity contribution >= 4 is 27.3 Å². The minimum Gasteiger partial charge on any atom is -0.324 e. The molecule has 1 rings (SSSR count). The smallest absolute Gasteiger partial charge is 0.0701 e. The van der Waals surface area contributed by atoms with Crippen LogP contribution in [0.5, 0.6) is 0 Å². The van der Waals surface area contributed by atoms with Crippen LogP contribution in [0.3, 0.4) is 0 Å². The Morgan fingerprint density at radius 1 is 1.43 bits per heavy atom. The van der Waals surface area contributed by atoms with Gasteiger partial charge in [0, 0.05) is 6.04 Å². The van der Waals surface area contributed by atoms with E-state index in [2.05, 4.69) is 34.3 Å². The van der Waals surface area contributed by atoms with Crippen LogP contribution >= 0.6 is 27.3 Å². The lowest BCUT2D eigenvalue weighted by molar-refractivity contribution is 0.567. The summed E-state index contributed by atoms with van der Waals surface area (Å²) in [5.74, 6) is 0. The lowest BCUT2D eigenvalue weighted by Gasteiger charge is -2.08. The zero-order valence-electron chi connectivity index (χ0n) is 8.63. The number of hydrogen-bond acceptors (Lipinski definition) is 2. The number of halogens is 1. The van der Waals surface area contributed by atoms with Gasteiger partial charge in [-0.05, 0) is 39.4 Å². The molecule has 0 saturated heterocycles. The SMILES string of the molecule is CCCCCCC(N)c1csc(Br)c1. The van der Waals surface area contributed by atoms with Crippen molar-refractivity contribution in [2.24, 2.45) is 5.73 Å². The fourth-order valence-electron chi connectivity index (χ4n) is 1.48. The van der Waals surface area contributed by atoms with E-state index in [0.717, 1.165) is 6.42 Å². The summed E-state index contributed by atoms with van der Waals surface area (Å²) in [6.07, 6.45) is 6.31. The first-order valence-corrected chi connectivity index (χ1v) is 6.90. The summed E-state index contributed by atoms with van der Waals surface area (Å²) in [4.78, 5) is 0. The molecule has 14 heavy (non-hydrogen) atoms. The van der Waals surface area contributed by atoms with Gasteiger partial charge in [-0.1, -0.05) is 32.6 Å². The first-order valence-electron chi connectivity index (χ1n) is 5.23. The first-order chi connectivity index (χ1) is 6.74. The largest absolute Gasteiger partial charge is 0.324 e. The van der Waals surface area contributed by atoms with Crippen molar-refractivity contribution in [3.63, 3.8) is 0 Å². The van der Waals surface area contributed by atoms with Crippen molar-refractivity contribution in [3.8, 4) is 0 Å². The van der Waals surface area contributed by atoms with Crippen molar-refractivity contribution in [1.82, 2.24) is 0 Å². The van der Waals surface area contributed by atoms with E-state index in [1.807, 2.05) is 0 Å². The second-order valence-electron chi connectivity index (χ2n) is 3.64. The predicted octanol–water partition coefficient (Wildman–Crippen LogP) is 4.48. The summed E-state index contributed by atoms with van der Waals surface area (Å²) in [7, 11) is 0. The molecule has 0 aliphatic rings. The van der Waals surface area contributed by atoms with Gasteiger partial charge in [-0.2, -0.15) is 0 Å². The topological polar surface area (TPSA) is 26.0 Å². The van der Waals surface area contributed by atoms with Gasteiger partial charge in [-0.25, -0.2) is 0 Å². The molecule has 1 aromatic heterocycles. The second kappa shape index (κ2) is 6.59. The number of nitrogens with two attached hydrogens (primary N) is 1. The van der Waals surface area contributed by atoms with Gasteiger partial charge >= 0.3 is 0 Å². The van der Waals surface area contributed by atoms with Gasteiger partial charge < -0.3 is 5.73 Å². The van der Waals surface area contributed by atoms with Gasteiger partial charge in [0.2, 0.25) is 0 Å². The fourth-order valence-corrected chi connectivity index (χ4v) is 2.72. The molecule has 1 atom stereocenters. The molecule has 80 valence electrons. The zero-order chi connectivity index (χ0) is 10.4. The summed E-state index contributed by atoms with van der Waals surface area (Å²) in [6, 6.07) is 2.37. The van der Waals surface area contributed by atoms with Gasteiger partial charge in [0.1, 0.15) is 0 Å². The number of thiophene rings is 1. The average molecular weight is 276 g/mol. The lowest BCUT2D eigenvalue weighted by Crippen LogP contribution is -2.08. The van der Waals surface area contributed by atoms with Crippen LogP contribution in [-0.2, 0) is 0 Å². The Morgan fingerprint density at radius 3 is 2.79 bits per heavy atom. The van der Waals surface area contributed by atoms with Crippen LogP contribution in [0, 0.1) is 0 Å². The van der Waals surface area contributed by atoms with Crippen LogP contribution in [-0.4, -0.2) is 0 Å². The molecule has 2 N–H and O–H groups in total. The maximum Gasteiger partial charge on any atom is 0.0701 e. The van der Waals surface area contributed by atoms with Crippen molar-refractivity contribution in [2.45, 2.75) is 45.1 Å². The van der Waals surface area contributed by atoms with Gasteiger partial charge in [0.05, 0.1) is 3.79 Å². The molecule has 0 saturated carbocycles. The highest BCUT2D eigenvalue weighted by atomic mass is 79.9. The monoisotopic (exact) mass is 275 g/mol. The molecule has 0 amide bonds. The Morgan fingerprint density at radius 2 is 2.21 bits per heavy atom. The quantitative estimate of drug-likeness (QED) is 0.762. The summed E-state index contributed by atoms with van der Waals surface area (Å²) in [6.45, 7) is 2.23. The van der Waals surface area contributed by atoms with Gasteiger partial charge in [0.25, 0.3) is 0 Å². The highest BCUT2D eigenvalue weighted by Gasteiger charge is 2.07. The third-order valence-corrected chi connectivity index (χ3v) is 3.91. The molecule has 0 radical (unpaired) electrons. The van der Waals surface area contributed by atoms with Crippen LogP contribution < -0.4 is 5.73 Å². The first kappa shape index (κ1) is 12.2. The third kappa shape index (κ3) is 4.11. The van der Waals surface area contributed by atoms with E-state index in [-0.39, 0.29) is 6.04 Å². The van der Waals surface area contributed by atoms with Crippen LogP contribution in [0.4, 0.5) is 0 Å². The molecule has 0 aromatic carbocycles. The number of hydrogen-bond donors (Lipinski definition) is 1. The van der Waals surface area contributed by atoms with E-state index in [1.54, 1.807) is 11.3 Å². The second-order valence-corrected chi connectivity index (χ2v) is 5.93. The normalized spacial score (nSPS) is 13.1. The van der Waals surface area contributed by atoms with Crippen LogP contribution in [0.2, 0.25) is 0 Å². The maximum atomic E-state index is 6.08. The molecule has 0 fully saturated rings. The molecule has 1 aromatic rings. The molecule has 0 bridgehead atoms. The van der Waals surface area contributed by atoms with E-state index in [1.165, 1.54) is 35.0 Å². The van der Waals surface area contributed by atoms with Gasteiger partial charge in [-0.15, -0.1) is 11.3 Å². The minimum absolute atomic E-state index is 0.231. The number of rotatable bonds is 6. The standard InChI is InChI=1S/C11H18BrNS/c1-2-3-4-5-6-10(13)9-7-11(12)14-8-9/h7-8,10H,2-6,13H2,1H3. The van der Waals surface area contributed by atoms with E-state index in [9.17, 15) is 0 Å².